The topological polar surface area (TPSA) is 94.6 Å². The molecule has 0 aliphatic heterocycles. The van der Waals surface area contributed by atoms with Crippen molar-refractivity contribution in [1.29, 1.82) is 0 Å². The van der Waals surface area contributed by atoms with Crippen LogP contribution in [0.2, 0.25) is 0 Å². The fourth-order valence-electron chi connectivity index (χ4n) is 4.17. The molecule has 0 fully saturated rings. The average molecular weight is 436 g/mol. The zero-order chi connectivity index (χ0) is 21.5. The summed E-state index contributed by atoms with van der Waals surface area (Å²) < 4.78 is 12.5. The van der Waals surface area contributed by atoms with Crippen LogP contribution >= 0.6 is 11.3 Å². The molecule has 3 heterocycles. The molecule has 0 saturated carbocycles. The SMILES string of the molecule is COc1ccccc1Cc1nc2sc3c(c2c(=O)n1Cc1ccc(C(=O)O)o1)CCC3. The third-order valence-electron chi connectivity index (χ3n) is 5.63. The summed E-state index contributed by atoms with van der Waals surface area (Å²) in [5, 5.41) is 9.84. The normalized spacial score (nSPS) is 12.9. The van der Waals surface area contributed by atoms with Gasteiger partial charge in [-0.05, 0) is 43.0 Å². The van der Waals surface area contributed by atoms with Gasteiger partial charge in [-0.2, -0.15) is 0 Å². The van der Waals surface area contributed by atoms with E-state index in [2.05, 4.69) is 0 Å². The van der Waals surface area contributed by atoms with Gasteiger partial charge in [-0.3, -0.25) is 9.36 Å². The van der Waals surface area contributed by atoms with E-state index in [1.54, 1.807) is 29.1 Å². The number of rotatable bonds is 6. The number of nitrogens with zero attached hydrogens (tertiary/aromatic N) is 2. The molecule has 8 heteroatoms. The fourth-order valence-corrected chi connectivity index (χ4v) is 5.44. The van der Waals surface area contributed by atoms with E-state index in [4.69, 9.17) is 19.2 Å². The number of benzene rings is 1. The zero-order valence-corrected chi connectivity index (χ0v) is 17.7. The molecule has 3 aromatic heterocycles. The predicted molar refractivity (Wildman–Crippen MR) is 116 cm³/mol. The van der Waals surface area contributed by atoms with E-state index >= 15 is 0 Å². The first kappa shape index (κ1) is 19.6. The quantitative estimate of drug-likeness (QED) is 0.493. The Kier molecular flexibility index (Phi) is 4.86. The Bertz CT molecular complexity index is 1360. The third-order valence-corrected chi connectivity index (χ3v) is 6.82. The van der Waals surface area contributed by atoms with Crippen LogP contribution in [0.15, 0.2) is 45.6 Å². The fraction of sp³-hybridized carbons (Fsp3) is 0.261. The van der Waals surface area contributed by atoms with Crippen molar-refractivity contribution in [2.75, 3.05) is 7.11 Å². The van der Waals surface area contributed by atoms with Gasteiger partial charge in [-0.15, -0.1) is 11.3 Å². The van der Waals surface area contributed by atoms with Gasteiger partial charge in [-0.25, -0.2) is 9.78 Å². The summed E-state index contributed by atoms with van der Waals surface area (Å²) in [6.07, 6.45) is 3.34. The molecule has 4 aromatic rings. The molecule has 0 spiro atoms. The Morgan fingerprint density at radius 1 is 1.26 bits per heavy atom. The first-order valence-corrected chi connectivity index (χ1v) is 10.8. The van der Waals surface area contributed by atoms with E-state index in [0.29, 0.717) is 23.4 Å². The molecule has 31 heavy (non-hydrogen) atoms. The van der Waals surface area contributed by atoms with Crippen molar-refractivity contribution in [3.05, 3.63) is 80.1 Å². The molecule has 1 N–H and O–H groups in total. The summed E-state index contributed by atoms with van der Waals surface area (Å²) in [4.78, 5) is 31.7. The molecule has 0 amide bonds. The first-order valence-electron chi connectivity index (χ1n) is 10.0. The lowest BCUT2D eigenvalue weighted by atomic mass is 10.1. The van der Waals surface area contributed by atoms with E-state index in [1.807, 2.05) is 24.3 Å². The van der Waals surface area contributed by atoms with Crippen molar-refractivity contribution < 1.29 is 19.1 Å². The Hall–Kier alpha value is -3.39. The smallest absolute Gasteiger partial charge is 0.371 e. The number of aromatic carboxylic acids is 1. The van der Waals surface area contributed by atoms with Gasteiger partial charge in [-0.1, -0.05) is 18.2 Å². The van der Waals surface area contributed by atoms with Gasteiger partial charge in [0, 0.05) is 16.9 Å². The lowest BCUT2D eigenvalue weighted by molar-refractivity contribution is 0.0660. The van der Waals surface area contributed by atoms with Crippen LogP contribution in [0.4, 0.5) is 0 Å². The minimum atomic E-state index is -1.14. The molecule has 0 saturated heterocycles. The number of aryl methyl sites for hydroxylation is 2. The van der Waals surface area contributed by atoms with Crippen LogP contribution in [-0.2, 0) is 25.8 Å². The second kappa shape index (κ2) is 7.70. The summed E-state index contributed by atoms with van der Waals surface area (Å²) in [6, 6.07) is 10.6. The highest BCUT2D eigenvalue weighted by molar-refractivity contribution is 7.18. The lowest BCUT2D eigenvalue weighted by Gasteiger charge is -2.13. The van der Waals surface area contributed by atoms with Crippen LogP contribution in [0.25, 0.3) is 10.2 Å². The highest BCUT2D eigenvalue weighted by atomic mass is 32.1. The van der Waals surface area contributed by atoms with Crippen LogP contribution in [0.1, 0.15) is 44.6 Å². The maximum Gasteiger partial charge on any atom is 0.371 e. The van der Waals surface area contributed by atoms with Gasteiger partial charge in [0.15, 0.2) is 0 Å². The Morgan fingerprint density at radius 2 is 2.10 bits per heavy atom. The molecule has 0 atom stereocenters. The molecule has 0 unspecified atom stereocenters. The average Bonchev–Trinajstić information content (AvgIpc) is 3.47. The largest absolute Gasteiger partial charge is 0.496 e. The number of carbonyl (C=O) groups is 1. The van der Waals surface area contributed by atoms with Gasteiger partial charge in [0.2, 0.25) is 5.76 Å². The zero-order valence-electron chi connectivity index (χ0n) is 16.9. The minimum Gasteiger partial charge on any atom is -0.496 e. The summed E-state index contributed by atoms with van der Waals surface area (Å²) in [5.41, 5.74) is 1.92. The molecule has 1 aliphatic rings. The number of methoxy groups -OCH3 is 1. The molecular weight excluding hydrogens is 416 g/mol. The molecule has 0 bridgehead atoms. The number of para-hydroxylation sites is 1. The van der Waals surface area contributed by atoms with Gasteiger partial charge in [0.05, 0.1) is 19.0 Å². The number of furan rings is 1. The minimum absolute atomic E-state index is 0.109. The molecule has 1 aliphatic carbocycles. The van der Waals surface area contributed by atoms with Crippen LogP contribution in [0.3, 0.4) is 0 Å². The van der Waals surface area contributed by atoms with Crippen molar-refractivity contribution >= 4 is 27.5 Å². The summed E-state index contributed by atoms with van der Waals surface area (Å²) >= 11 is 1.60. The van der Waals surface area contributed by atoms with Crippen LogP contribution < -0.4 is 10.3 Å². The Labute approximate surface area is 181 Å². The molecule has 7 nitrogen and oxygen atoms in total. The maximum absolute atomic E-state index is 13.6. The van der Waals surface area contributed by atoms with Crippen LogP contribution in [0, 0.1) is 0 Å². The van der Waals surface area contributed by atoms with E-state index < -0.39 is 5.97 Å². The maximum atomic E-state index is 13.6. The van der Waals surface area contributed by atoms with E-state index in [-0.39, 0.29) is 17.9 Å². The Morgan fingerprint density at radius 3 is 2.87 bits per heavy atom. The number of carboxylic acid groups (broad SMARTS) is 1. The molecule has 0 radical (unpaired) electrons. The van der Waals surface area contributed by atoms with E-state index in [0.717, 1.165) is 41.0 Å². The molecule has 158 valence electrons. The number of ether oxygens (including phenoxy) is 1. The van der Waals surface area contributed by atoms with Gasteiger partial charge in [0.25, 0.3) is 5.56 Å². The molecule has 1 aromatic carbocycles. The van der Waals surface area contributed by atoms with Crippen molar-refractivity contribution in [1.82, 2.24) is 9.55 Å². The summed E-state index contributed by atoms with van der Waals surface area (Å²) in [5.74, 6) is 0.420. The summed E-state index contributed by atoms with van der Waals surface area (Å²) in [7, 11) is 1.61. The number of thiophene rings is 1. The lowest BCUT2D eigenvalue weighted by Crippen LogP contribution is -2.26. The predicted octanol–water partition coefficient (Wildman–Crippen LogP) is 3.89. The highest BCUT2D eigenvalue weighted by Gasteiger charge is 2.24. The Balaban J connectivity index is 1.66. The monoisotopic (exact) mass is 436 g/mol. The second-order valence-electron chi connectivity index (χ2n) is 7.52. The van der Waals surface area contributed by atoms with Crippen molar-refractivity contribution in [2.45, 2.75) is 32.2 Å². The first-order chi connectivity index (χ1) is 15.0. The standard InChI is InChI=1S/C23H20N2O5S/c1-29-16-7-3-2-5-13(16)11-19-24-21-20(15-6-4-8-18(15)31-21)22(26)25(19)12-14-9-10-17(30-14)23(27)28/h2-3,5,7,9-10H,4,6,8,11-12H2,1H3,(H,27,28). The van der Waals surface area contributed by atoms with Crippen molar-refractivity contribution in [2.24, 2.45) is 0 Å². The van der Waals surface area contributed by atoms with E-state index in [1.165, 1.54) is 10.9 Å². The van der Waals surface area contributed by atoms with Crippen molar-refractivity contribution in [3.8, 4) is 5.75 Å². The van der Waals surface area contributed by atoms with Crippen LogP contribution in [-0.4, -0.2) is 27.7 Å². The molecular formula is C23H20N2O5S. The van der Waals surface area contributed by atoms with Gasteiger partial charge < -0.3 is 14.3 Å². The number of carboxylic acids is 1. The second-order valence-corrected chi connectivity index (χ2v) is 8.60. The highest BCUT2D eigenvalue weighted by Crippen LogP contribution is 2.35. The molecule has 5 rings (SSSR count). The van der Waals surface area contributed by atoms with Crippen molar-refractivity contribution in [3.63, 3.8) is 0 Å². The number of hydrogen-bond acceptors (Lipinski definition) is 6. The van der Waals surface area contributed by atoms with E-state index in [9.17, 15) is 9.59 Å². The third kappa shape index (κ3) is 3.42. The number of hydrogen-bond donors (Lipinski definition) is 1. The number of fused-ring (bicyclic) bond motifs is 3. The summed E-state index contributed by atoms with van der Waals surface area (Å²) in [6.45, 7) is 0.115. The van der Waals surface area contributed by atoms with Gasteiger partial charge in [0.1, 0.15) is 22.2 Å². The number of aromatic nitrogens is 2. The van der Waals surface area contributed by atoms with Crippen LogP contribution in [0.5, 0.6) is 5.75 Å². The van der Waals surface area contributed by atoms with Gasteiger partial charge >= 0.3 is 5.97 Å².